The van der Waals surface area contributed by atoms with Crippen molar-refractivity contribution in [3.63, 3.8) is 0 Å². The van der Waals surface area contributed by atoms with Gasteiger partial charge in [-0.1, -0.05) is 31.2 Å². The van der Waals surface area contributed by atoms with Crippen molar-refractivity contribution < 1.29 is 4.79 Å². The third kappa shape index (κ3) is 4.17. The third-order valence-corrected chi connectivity index (χ3v) is 4.03. The van der Waals surface area contributed by atoms with Crippen LogP contribution in [0, 0.1) is 0 Å². The molecule has 4 heteroatoms. The summed E-state index contributed by atoms with van der Waals surface area (Å²) < 4.78 is 0. The normalized spacial score (nSPS) is 12.2. The molecule has 0 fully saturated rings. The van der Waals surface area contributed by atoms with Crippen LogP contribution in [0.4, 0.5) is 0 Å². The first-order valence-electron chi connectivity index (χ1n) is 8.04. The standard InChI is InChI=1S/C19H25N3O/c1-5-12-21-19(23)17-7-6-13-20-18(17)16-10-8-15(9-11-16)14(2)22(3)4/h6-11,13-14H,5,12H2,1-4H3,(H,21,23)/t14-/m0/s1. The van der Waals surface area contributed by atoms with Crippen molar-refractivity contribution in [1.82, 2.24) is 15.2 Å². The lowest BCUT2D eigenvalue weighted by molar-refractivity contribution is 0.0954. The number of benzene rings is 1. The van der Waals surface area contributed by atoms with Gasteiger partial charge in [0.25, 0.3) is 5.91 Å². The highest BCUT2D eigenvalue weighted by Crippen LogP contribution is 2.24. The van der Waals surface area contributed by atoms with Gasteiger partial charge in [-0.25, -0.2) is 0 Å². The maximum absolute atomic E-state index is 12.3. The average Bonchev–Trinajstić information content (AvgIpc) is 2.59. The Morgan fingerprint density at radius 3 is 2.52 bits per heavy atom. The van der Waals surface area contributed by atoms with Gasteiger partial charge in [0.1, 0.15) is 0 Å². The van der Waals surface area contributed by atoms with Crippen LogP contribution in [0.25, 0.3) is 11.3 Å². The average molecular weight is 311 g/mol. The Balaban J connectivity index is 2.30. The van der Waals surface area contributed by atoms with Gasteiger partial charge in [-0.2, -0.15) is 0 Å². The van der Waals surface area contributed by atoms with E-state index in [1.807, 2.05) is 25.1 Å². The zero-order valence-corrected chi connectivity index (χ0v) is 14.3. The lowest BCUT2D eigenvalue weighted by atomic mass is 10.0. The first-order valence-corrected chi connectivity index (χ1v) is 8.04. The Kier molecular flexibility index (Phi) is 5.88. The molecule has 0 aliphatic carbocycles. The molecule has 1 aromatic heterocycles. The molecule has 0 unspecified atom stereocenters. The summed E-state index contributed by atoms with van der Waals surface area (Å²) in [4.78, 5) is 18.9. The summed E-state index contributed by atoms with van der Waals surface area (Å²) >= 11 is 0. The molecule has 23 heavy (non-hydrogen) atoms. The molecule has 0 aliphatic heterocycles. The van der Waals surface area contributed by atoms with Crippen LogP contribution < -0.4 is 5.32 Å². The van der Waals surface area contributed by atoms with Crippen molar-refractivity contribution in [3.05, 3.63) is 53.7 Å². The van der Waals surface area contributed by atoms with E-state index in [1.165, 1.54) is 5.56 Å². The number of amides is 1. The van der Waals surface area contributed by atoms with Gasteiger partial charge in [-0.05, 0) is 45.1 Å². The lowest BCUT2D eigenvalue weighted by Gasteiger charge is -2.20. The molecule has 0 aliphatic rings. The highest BCUT2D eigenvalue weighted by atomic mass is 16.1. The minimum Gasteiger partial charge on any atom is -0.352 e. The smallest absolute Gasteiger partial charge is 0.253 e. The summed E-state index contributed by atoms with van der Waals surface area (Å²) in [6.45, 7) is 4.88. The van der Waals surface area contributed by atoms with Crippen LogP contribution >= 0.6 is 0 Å². The predicted octanol–water partition coefficient (Wildman–Crippen LogP) is 3.51. The third-order valence-electron chi connectivity index (χ3n) is 4.03. The predicted molar refractivity (Wildman–Crippen MR) is 94.4 cm³/mol. The van der Waals surface area contributed by atoms with Gasteiger partial charge >= 0.3 is 0 Å². The molecule has 0 radical (unpaired) electrons. The maximum Gasteiger partial charge on any atom is 0.253 e. The molecule has 4 nitrogen and oxygen atoms in total. The fourth-order valence-electron chi connectivity index (χ4n) is 2.37. The molecule has 122 valence electrons. The van der Waals surface area contributed by atoms with Gasteiger partial charge in [-0.15, -0.1) is 0 Å². The van der Waals surface area contributed by atoms with Crippen LogP contribution in [0.3, 0.4) is 0 Å². The van der Waals surface area contributed by atoms with Crippen molar-refractivity contribution in [2.24, 2.45) is 0 Å². The Morgan fingerprint density at radius 1 is 1.22 bits per heavy atom. The van der Waals surface area contributed by atoms with E-state index in [-0.39, 0.29) is 5.91 Å². The minimum absolute atomic E-state index is 0.0688. The number of nitrogens with one attached hydrogen (secondary N) is 1. The van der Waals surface area contributed by atoms with Crippen molar-refractivity contribution in [3.8, 4) is 11.3 Å². The highest BCUT2D eigenvalue weighted by molar-refractivity contribution is 5.99. The van der Waals surface area contributed by atoms with Gasteiger partial charge in [0.2, 0.25) is 0 Å². The fraction of sp³-hybridized carbons (Fsp3) is 0.368. The molecule has 1 aromatic carbocycles. The molecule has 0 saturated heterocycles. The summed E-state index contributed by atoms with van der Waals surface area (Å²) in [5.74, 6) is -0.0688. The number of rotatable bonds is 6. The summed E-state index contributed by atoms with van der Waals surface area (Å²) in [7, 11) is 4.13. The molecular weight excluding hydrogens is 286 g/mol. The SMILES string of the molecule is CCCNC(=O)c1cccnc1-c1ccc([C@H](C)N(C)C)cc1. The fourth-order valence-corrected chi connectivity index (χ4v) is 2.37. The van der Waals surface area contributed by atoms with Crippen LogP contribution in [0.2, 0.25) is 0 Å². The summed E-state index contributed by atoms with van der Waals surface area (Å²) in [6.07, 6.45) is 2.64. The van der Waals surface area contributed by atoms with Crippen molar-refractivity contribution >= 4 is 5.91 Å². The zero-order valence-electron chi connectivity index (χ0n) is 14.3. The Labute approximate surface area is 138 Å². The molecule has 2 aromatic rings. The molecule has 1 atom stereocenters. The minimum atomic E-state index is -0.0688. The number of aromatic nitrogens is 1. The number of hydrogen-bond acceptors (Lipinski definition) is 3. The largest absolute Gasteiger partial charge is 0.352 e. The van der Waals surface area contributed by atoms with E-state index in [1.54, 1.807) is 12.3 Å². The second-order valence-corrected chi connectivity index (χ2v) is 5.92. The topological polar surface area (TPSA) is 45.2 Å². The van der Waals surface area contributed by atoms with Crippen LogP contribution in [-0.2, 0) is 0 Å². The number of nitrogens with zero attached hydrogens (tertiary/aromatic N) is 2. The van der Waals surface area contributed by atoms with Gasteiger partial charge in [0, 0.05) is 24.3 Å². The lowest BCUT2D eigenvalue weighted by Crippen LogP contribution is -2.24. The van der Waals surface area contributed by atoms with E-state index in [0.29, 0.717) is 18.2 Å². The van der Waals surface area contributed by atoms with E-state index in [9.17, 15) is 4.79 Å². The Hall–Kier alpha value is -2.20. The number of hydrogen-bond donors (Lipinski definition) is 1. The molecule has 0 spiro atoms. The summed E-state index contributed by atoms with van der Waals surface area (Å²) in [6, 6.07) is 12.2. The van der Waals surface area contributed by atoms with Crippen molar-refractivity contribution in [2.45, 2.75) is 26.3 Å². The number of pyridine rings is 1. The molecule has 0 saturated carbocycles. The number of carbonyl (C=O) groups excluding carboxylic acids is 1. The molecular formula is C19H25N3O. The Bertz CT molecular complexity index is 650. The molecule has 1 N–H and O–H groups in total. The quantitative estimate of drug-likeness (QED) is 0.888. The monoisotopic (exact) mass is 311 g/mol. The van der Waals surface area contributed by atoms with E-state index >= 15 is 0 Å². The zero-order chi connectivity index (χ0) is 16.8. The van der Waals surface area contributed by atoms with E-state index < -0.39 is 0 Å². The first kappa shape index (κ1) is 17.2. The second-order valence-electron chi connectivity index (χ2n) is 5.92. The van der Waals surface area contributed by atoms with E-state index in [2.05, 4.69) is 48.4 Å². The van der Waals surface area contributed by atoms with E-state index in [0.717, 1.165) is 17.7 Å². The summed E-state index contributed by atoms with van der Waals surface area (Å²) in [5.41, 5.74) is 3.55. The number of carbonyl (C=O) groups is 1. The van der Waals surface area contributed by atoms with Crippen LogP contribution in [-0.4, -0.2) is 36.4 Å². The van der Waals surface area contributed by atoms with Gasteiger partial charge in [0.15, 0.2) is 0 Å². The Morgan fingerprint density at radius 2 is 1.91 bits per heavy atom. The van der Waals surface area contributed by atoms with Crippen molar-refractivity contribution in [1.29, 1.82) is 0 Å². The first-order chi connectivity index (χ1) is 11.0. The molecule has 1 heterocycles. The van der Waals surface area contributed by atoms with Gasteiger partial charge in [0.05, 0.1) is 11.3 Å². The van der Waals surface area contributed by atoms with E-state index in [4.69, 9.17) is 0 Å². The highest BCUT2D eigenvalue weighted by Gasteiger charge is 2.14. The van der Waals surface area contributed by atoms with Crippen LogP contribution in [0.5, 0.6) is 0 Å². The molecule has 1 amide bonds. The molecule has 0 bridgehead atoms. The molecule has 2 rings (SSSR count). The van der Waals surface area contributed by atoms with Gasteiger partial charge in [-0.3, -0.25) is 9.78 Å². The van der Waals surface area contributed by atoms with Gasteiger partial charge < -0.3 is 10.2 Å². The maximum atomic E-state index is 12.3. The van der Waals surface area contributed by atoms with Crippen LogP contribution in [0.1, 0.15) is 42.2 Å². The summed E-state index contributed by atoms with van der Waals surface area (Å²) in [5, 5.41) is 2.92. The van der Waals surface area contributed by atoms with Crippen LogP contribution in [0.15, 0.2) is 42.6 Å². The van der Waals surface area contributed by atoms with Crippen molar-refractivity contribution in [2.75, 3.05) is 20.6 Å². The second kappa shape index (κ2) is 7.88.